The van der Waals surface area contributed by atoms with Crippen molar-refractivity contribution in [2.24, 2.45) is 5.92 Å². The molecular weight excluding hydrogens is 216 g/mol. The van der Waals surface area contributed by atoms with Crippen molar-refractivity contribution in [2.45, 2.75) is 32.6 Å². The average Bonchev–Trinajstić information content (AvgIpc) is 2.46. The molecule has 0 amide bonds. The Labute approximate surface area is 111 Å². The SMILES string of the molecule is CCC(CC)C(c1ccccc1)c1ccccc1. The van der Waals surface area contributed by atoms with Crippen LogP contribution >= 0.6 is 0 Å². The molecule has 0 N–H and O–H groups in total. The highest BCUT2D eigenvalue weighted by Gasteiger charge is 2.21. The topological polar surface area (TPSA) is 0 Å². The molecule has 0 saturated carbocycles. The van der Waals surface area contributed by atoms with Gasteiger partial charge in [0.15, 0.2) is 0 Å². The first-order valence-electron chi connectivity index (χ1n) is 6.96. The minimum atomic E-state index is 0.530. The lowest BCUT2D eigenvalue weighted by molar-refractivity contribution is 0.438. The van der Waals surface area contributed by atoms with Crippen LogP contribution in [0.1, 0.15) is 43.7 Å². The van der Waals surface area contributed by atoms with E-state index in [1.54, 1.807) is 0 Å². The van der Waals surface area contributed by atoms with Crippen LogP contribution in [-0.2, 0) is 0 Å². The summed E-state index contributed by atoms with van der Waals surface area (Å²) in [7, 11) is 0. The molecule has 0 atom stereocenters. The fourth-order valence-corrected chi connectivity index (χ4v) is 2.82. The first-order chi connectivity index (χ1) is 8.86. The van der Waals surface area contributed by atoms with E-state index in [4.69, 9.17) is 0 Å². The average molecular weight is 238 g/mol. The predicted octanol–water partition coefficient (Wildman–Crippen LogP) is 5.25. The molecule has 94 valence electrons. The van der Waals surface area contributed by atoms with E-state index in [1.807, 2.05) is 0 Å². The highest BCUT2D eigenvalue weighted by atomic mass is 14.3. The maximum absolute atomic E-state index is 2.30. The second-order valence-corrected chi connectivity index (χ2v) is 4.88. The molecule has 0 bridgehead atoms. The van der Waals surface area contributed by atoms with E-state index in [-0.39, 0.29) is 0 Å². The van der Waals surface area contributed by atoms with E-state index in [0.29, 0.717) is 5.92 Å². The highest BCUT2D eigenvalue weighted by Crippen LogP contribution is 2.35. The van der Waals surface area contributed by atoms with Gasteiger partial charge in [-0.15, -0.1) is 0 Å². The van der Waals surface area contributed by atoms with Gasteiger partial charge in [0.05, 0.1) is 0 Å². The summed E-state index contributed by atoms with van der Waals surface area (Å²) < 4.78 is 0. The molecule has 2 rings (SSSR count). The fourth-order valence-electron chi connectivity index (χ4n) is 2.82. The van der Waals surface area contributed by atoms with Crippen LogP contribution in [0, 0.1) is 5.92 Å². The van der Waals surface area contributed by atoms with Crippen LogP contribution in [0.3, 0.4) is 0 Å². The largest absolute Gasteiger partial charge is 0.0651 e. The summed E-state index contributed by atoms with van der Waals surface area (Å²) in [6.45, 7) is 4.60. The predicted molar refractivity (Wildman–Crippen MR) is 78.8 cm³/mol. The third-order valence-corrected chi connectivity index (χ3v) is 3.84. The number of hydrogen-bond acceptors (Lipinski definition) is 0. The Hall–Kier alpha value is -1.56. The minimum absolute atomic E-state index is 0.530. The summed E-state index contributed by atoms with van der Waals surface area (Å²) in [6, 6.07) is 21.8. The molecule has 0 radical (unpaired) electrons. The Morgan fingerprint density at radius 1 is 0.667 bits per heavy atom. The molecule has 18 heavy (non-hydrogen) atoms. The standard InChI is InChI=1S/C18H22/c1-3-15(4-2)18(16-11-7-5-8-12-16)17-13-9-6-10-14-17/h5-15,18H,3-4H2,1-2H3. The second kappa shape index (κ2) is 6.39. The van der Waals surface area contributed by atoms with Crippen LogP contribution in [-0.4, -0.2) is 0 Å². The van der Waals surface area contributed by atoms with E-state index in [1.165, 1.54) is 24.0 Å². The van der Waals surface area contributed by atoms with Crippen molar-refractivity contribution < 1.29 is 0 Å². The molecule has 0 aliphatic carbocycles. The lowest BCUT2D eigenvalue weighted by Crippen LogP contribution is -2.13. The summed E-state index contributed by atoms with van der Waals surface area (Å²) in [5, 5.41) is 0. The van der Waals surface area contributed by atoms with Crippen LogP contribution in [0.25, 0.3) is 0 Å². The minimum Gasteiger partial charge on any atom is -0.0651 e. The van der Waals surface area contributed by atoms with Crippen LogP contribution in [0.15, 0.2) is 60.7 Å². The molecule has 0 heteroatoms. The van der Waals surface area contributed by atoms with Crippen molar-refractivity contribution in [1.82, 2.24) is 0 Å². The van der Waals surface area contributed by atoms with Crippen LogP contribution in [0.5, 0.6) is 0 Å². The third kappa shape index (κ3) is 2.81. The number of hydrogen-bond donors (Lipinski definition) is 0. The Kier molecular flexibility index (Phi) is 4.58. The van der Waals surface area contributed by atoms with Crippen LogP contribution in [0.2, 0.25) is 0 Å². The second-order valence-electron chi connectivity index (χ2n) is 4.88. The zero-order valence-electron chi connectivity index (χ0n) is 11.3. The van der Waals surface area contributed by atoms with E-state index in [2.05, 4.69) is 74.5 Å². The Balaban J connectivity index is 2.41. The molecule has 2 aromatic carbocycles. The van der Waals surface area contributed by atoms with Crippen LogP contribution < -0.4 is 0 Å². The maximum atomic E-state index is 2.30. The smallest absolute Gasteiger partial charge is 0.0117 e. The molecule has 0 aliphatic heterocycles. The van der Waals surface area contributed by atoms with Crippen molar-refractivity contribution in [3.63, 3.8) is 0 Å². The Morgan fingerprint density at radius 2 is 1.06 bits per heavy atom. The molecular formula is C18H22. The third-order valence-electron chi connectivity index (χ3n) is 3.84. The monoisotopic (exact) mass is 238 g/mol. The number of rotatable bonds is 5. The zero-order valence-corrected chi connectivity index (χ0v) is 11.3. The van der Waals surface area contributed by atoms with Gasteiger partial charge in [0.25, 0.3) is 0 Å². The van der Waals surface area contributed by atoms with Gasteiger partial charge in [-0.2, -0.15) is 0 Å². The molecule has 0 aromatic heterocycles. The van der Waals surface area contributed by atoms with Crippen molar-refractivity contribution in [3.8, 4) is 0 Å². The molecule has 0 aliphatic rings. The van der Waals surface area contributed by atoms with Gasteiger partial charge in [0.1, 0.15) is 0 Å². The molecule has 0 unspecified atom stereocenters. The van der Waals surface area contributed by atoms with Gasteiger partial charge in [0.2, 0.25) is 0 Å². The maximum Gasteiger partial charge on any atom is 0.0117 e. The zero-order chi connectivity index (χ0) is 12.8. The first kappa shape index (κ1) is 12.9. The first-order valence-corrected chi connectivity index (χ1v) is 6.96. The molecule has 0 saturated heterocycles. The Bertz CT molecular complexity index is 400. The fraction of sp³-hybridized carbons (Fsp3) is 0.333. The van der Waals surface area contributed by atoms with Gasteiger partial charge in [-0.05, 0) is 17.0 Å². The summed E-state index contributed by atoms with van der Waals surface area (Å²) in [4.78, 5) is 0. The van der Waals surface area contributed by atoms with E-state index in [0.717, 1.165) is 5.92 Å². The summed E-state index contributed by atoms with van der Waals surface area (Å²) in [6.07, 6.45) is 2.45. The van der Waals surface area contributed by atoms with Crippen molar-refractivity contribution in [3.05, 3.63) is 71.8 Å². The van der Waals surface area contributed by atoms with E-state index < -0.39 is 0 Å². The van der Waals surface area contributed by atoms with Gasteiger partial charge < -0.3 is 0 Å². The molecule has 0 heterocycles. The van der Waals surface area contributed by atoms with E-state index in [9.17, 15) is 0 Å². The lowest BCUT2D eigenvalue weighted by Gasteiger charge is -2.26. The van der Waals surface area contributed by atoms with Crippen molar-refractivity contribution in [2.75, 3.05) is 0 Å². The van der Waals surface area contributed by atoms with Crippen LogP contribution in [0.4, 0.5) is 0 Å². The summed E-state index contributed by atoms with van der Waals surface area (Å²) in [5.74, 6) is 1.25. The van der Waals surface area contributed by atoms with E-state index >= 15 is 0 Å². The summed E-state index contributed by atoms with van der Waals surface area (Å²) in [5.41, 5.74) is 2.88. The molecule has 0 nitrogen and oxygen atoms in total. The van der Waals surface area contributed by atoms with Crippen molar-refractivity contribution in [1.29, 1.82) is 0 Å². The number of benzene rings is 2. The van der Waals surface area contributed by atoms with Gasteiger partial charge in [-0.3, -0.25) is 0 Å². The lowest BCUT2D eigenvalue weighted by atomic mass is 9.78. The van der Waals surface area contributed by atoms with Gasteiger partial charge >= 0.3 is 0 Å². The van der Waals surface area contributed by atoms with Crippen molar-refractivity contribution >= 4 is 0 Å². The Morgan fingerprint density at radius 3 is 1.39 bits per heavy atom. The quantitative estimate of drug-likeness (QED) is 0.667. The normalized spacial score (nSPS) is 11.1. The highest BCUT2D eigenvalue weighted by molar-refractivity contribution is 5.33. The summed E-state index contributed by atoms with van der Waals surface area (Å²) >= 11 is 0. The molecule has 0 fully saturated rings. The van der Waals surface area contributed by atoms with Gasteiger partial charge in [-0.1, -0.05) is 87.4 Å². The van der Waals surface area contributed by atoms with Gasteiger partial charge in [0, 0.05) is 5.92 Å². The van der Waals surface area contributed by atoms with Gasteiger partial charge in [-0.25, -0.2) is 0 Å². The molecule has 2 aromatic rings. The molecule has 0 spiro atoms.